The van der Waals surface area contributed by atoms with E-state index in [-0.39, 0.29) is 29.6 Å². The van der Waals surface area contributed by atoms with E-state index in [1.54, 1.807) is 0 Å². The molecule has 0 saturated carbocycles. The van der Waals surface area contributed by atoms with E-state index in [1.165, 1.54) is 0 Å². The van der Waals surface area contributed by atoms with Gasteiger partial charge in [0.1, 0.15) is 0 Å². The van der Waals surface area contributed by atoms with Crippen LogP contribution in [0.15, 0.2) is 0 Å². The van der Waals surface area contributed by atoms with Crippen molar-refractivity contribution in [1.29, 1.82) is 0 Å². The maximum absolute atomic E-state index is 8.68. The fraction of sp³-hybridized carbons (Fsp3) is 0. The van der Waals surface area contributed by atoms with E-state index in [1.807, 2.05) is 0 Å². The van der Waals surface area contributed by atoms with E-state index in [0.717, 1.165) is 0 Å². The molecule has 0 saturated heterocycles. The number of halogens is 1. The second-order valence-electron chi connectivity index (χ2n) is 0.201. The van der Waals surface area contributed by atoms with Crippen LogP contribution in [0.1, 0.15) is 0 Å². The molecule has 0 fully saturated rings. The van der Waals surface area contributed by atoms with Crippen LogP contribution in [-0.4, -0.2) is 33.0 Å². The SMILES string of the molecule is [NaH].[O-][I+2]([O-])O. The zero-order valence-corrected chi connectivity index (χ0v) is 3.80. The van der Waals surface area contributed by atoms with Crippen LogP contribution >= 0.6 is 0 Å². The van der Waals surface area contributed by atoms with Gasteiger partial charge in [-0.3, -0.25) is 0 Å². The first-order valence-electron chi connectivity index (χ1n) is 0.478. The quantitative estimate of drug-likeness (QED) is 0.312. The van der Waals surface area contributed by atoms with Crippen molar-refractivity contribution >= 4 is 29.6 Å². The van der Waals surface area contributed by atoms with E-state index in [2.05, 4.69) is 0 Å². The van der Waals surface area contributed by atoms with E-state index < -0.39 is 21.1 Å². The van der Waals surface area contributed by atoms with Crippen molar-refractivity contribution in [2.45, 2.75) is 0 Å². The van der Waals surface area contributed by atoms with Crippen molar-refractivity contribution in [2.75, 3.05) is 0 Å². The number of rotatable bonds is 0. The molecule has 0 bridgehead atoms. The molecule has 5 heavy (non-hydrogen) atoms. The van der Waals surface area contributed by atoms with Crippen LogP contribution in [0.25, 0.3) is 0 Å². The van der Waals surface area contributed by atoms with Crippen LogP contribution < -0.4 is 27.9 Å². The summed E-state index contributed by atoms with van der Waals surface area (Å²) in [6, 6.07) is 0. The van der Waals surface area contributed by atoms with Crippen molar-refractivity contribution in [3.05, 3.63) is 0 Å². The van der Waals surface area contributed by atoms with Gasteiger partial charge in [-0.25, -0.2) is 0 Å². The fourth-order valence-electron chi connectivity index (χ4n) is 0. The average molecular weight is 200 g/mol. The topological polar surface area (TPSA) is 66.3 Å². The molecule has 0 aliphatic carbocycles. The molecule has 0 aliphatic heterocycles. The van der Waals surface area contributed by atoms with Gasteiger partial charge in [0.25, 0.3) is 0 Å². The molecule has 0 aromatic heterocycles. The van der Waals surface area contributed by atoms with Gasteiger partial charge in [-0.1, -0.05) is 0 Å². The van der Waals surface area contributed by atoms with Gasteiger partial charge in [-0.05, 0) is 3.44 Å². The molecule has 0 spiro atoms. The molecular formula is H2INaO3. The summed E-state index contributed by atoms with van der Waals surface area (Å²) in [7, 11) is 0. The summed E-state index contributed by atoms with van der Waals surface area (Å²) in [5.74, 6) is 0. The molecule has 0 aromatic rings. The predicted molar refractivity (Wildman–Crippen MR) is 9.37 cm³/mol. The Morgan fingerprint density at radius 3 is 1.40 bits per heavy atom. The Labute approximate surface area is 60.3 Å². The maximum Gasteiger partial charge on any atom is 0.503 e. The number of hydrogen-bond acceptors (Lipinski definition) is 3. The predicted octanol–water partition coefficient (Wildman–Crippen LogP) is -6.58. The molecule has 28 valence electrons. The van der Waals surface area contributed by atoms with E-state index in [4.69, 9.17) is 10.3 Å². The Balaban J connectivity index is 0. The second-order valence-corrected chi connectivity index (χ2v) is 1.35. The second kappa shape index (κ2) is 5.61. The van der Waals surface area contributed by atoms with Crippen molar-refractivity contribution in [2.24, 2.45) is 0 Å². The molecule has 5 heteroatoms. The molecule has 0 aromatic carbocycles. The third kappa shape index (κ3) is 28.2. The fourth-order valence-corrected chi connectivity index (χ4v) is 0. The van der Waals surface area contributed by atoms with Crippen LogP contribution in [0.4, 0.5) is 0 Å². The normalized spacial score (nSPS) is 7.20. The maximum atomic E-state index is 8.68. The number of hydrogen-bond donors (Lipinski definition) is 1. The van der Waals surface area contributed by atoms with Crippen LogP contribution in [0, 0.1) is 0 Å². The van der Waals surface area contributed by atoms with Crippen LogP contribution in [0.2, 0.25) is 0 Å². The molecule has 0 amide bonds. The van der Waals surface area contributed by atoms with Crippen molar-refractivity contribution in [1.82, 2.24) is 0 Å². The summed E-state index contributed by atoms with van der Waals surface area (Å²) in [5.41, 5.74) is 0. The standard InChI is InChI=1S/HIO3.Na.H/c2-1(3)4;;/h2H;;. The zero-order valence-electron chi connectivity index (χ0n) is 1.64. The van der Waals surface area contributed by atoms with E-state index >= 15 is 0 Å². The van der Waals surface area contributed by atoms with E-state index in [0.29, 0.717) is 0 Å². The molecule has 0 atom stereocenters. The Kier molecular flexibility index (Phi) is 11.0. The Morgan fingerprint density at radius 2 is 1.40 bits per heavy atom. The van der Waals surface area contributed by atoms with Crippen molar-refractivity contribution in [3.8, 4) is 0 Å². The Morgan fingerprint density at radius 1 is 1.40 bits per heavy atom. The van der Waals surface area contributed by atoms with Gasteiger partial charge in [0.05, 0.1) is 0 Å². The van der Waals surface area contributed by atoms with Gasteiger partial charge >= 0.3 is 50.6 Å². The van der Waals surface area contributed by atoms with Gasteiger partial charge in [0.2, 0.25) is 0 Å². The first kappa shape index (κ1) is 9.79. The monoisotopic (exact) mass is 200 g/mol. The zero-order chi connectivity index (χ0) is 3.58. The summed E-state index contributed by atoms with van der Waals surface area (Å²) < 4.78 is 24.5. The molecule has 0 radical (unpaired) electrons. The Hall–Kier alpha value is 1.61. The molecule has 0 heterocycles. The minimum atomic E-state index is -3.76. The third-order valence-electron chi connectivity index (χ3n) is 0. The molecule has 0 unspecified atom stereocenters. The molecule has 0 aliphatic rings. The summed E-state index contributed by atoms with van der Waals surface area (Å²) >= 11 is -3.76. The van der Waals surface area contributed by atoms with Crippen LogP contribution in [0.3, 0.4) is 0 Å². The van der Waals surface area contributed by atoms with Gasteiger partial charge in [-0.15, -0.1) is 0 Å². The summed E-state index contributed by atoms with van der Waals surface area (Å²) in [5, 5.41) is 0. The van der Waals surface area contributed by atoms with Gasteiger partial charge in [0.15, 0.2) is 0 Å². The van der Waals surface area contributed by atoms with Gasteiger partial charge in [-0.2, -0.15) is 0 Å². The van der Waals surface area contributed by atoms with Gasteiger partial charge in [0, 0.05) is 0 Å². The largest absolute Gasteiger partial charge is 0.503 e. The first-order chi connectivity index (χ1) is 1.73. The van der Waals surface area contributed by atoms with Crippen molar-refractivity contribution in [3.63, 3.8) is 0 Å². The van der Waals surface area contributed by atoms with Crippen LogP contribution in [-0.2, 0) is 0 Å². The average Bonchev–Trinajstić information content (AvgIpc) is 0.811. The summed E-state index contributed by atoms with van der Waals surface area (Å²) in [6.07, 6.45) is 0. The van der Waals surface area contributed by atoms with E-state index in [9.17, 15) is 0 Å². The van der Waals surface area contributed by atoms with Crippen LogP contribution in [0.5, 0.6) is 0 Å². The first-order valence-corrected chi connectivity index (χ1v) is 3.20. The minimum Gasteiger partial charge on any atom is -0.396 e. The third-order valence-corrected chi connectivity index (χ3v) is 0. The Bertz CT molecular complexity index is 11.6. The summed E-state index contributed by atoms with van der Waals surface area (Å²) in [4.78, 5) is 0. The minimum absolute atomic E-state index is 0. The molecule has 1 N–H and O–H groups in total. The smallest absolute Gasteiger partial charge is 0.396 e. The molecular weight excluding hydrogens is 198 g/mol. The molecule has 3 nitrogen and oxygen atoms in total. The van der Waals surface area contributed by atoms with Crippen molar-refractivity contribution < 1.29 is 31.4 Å². The van der Waals surface area contributed by atoms with Gasteiger partial charge < -0.3 is 6.87 Å². The molecule has 0 rings (SSSR count). The summed E-state index contributed by atoms with van der Waals surface area (Å²) in [6.45, 7) is 0.